The van der Waals surface area contributed by atoms with Gasteiger partial charge in [-0.2, -0.15) is 0 Å². The summed E-state index contributed by atoms with van der Waals surface area (Å²) < 4.78 is 2.04. The molecule has 0 N–H and O–H groups in total. The Morgan fingerprint density at radius 3 is 2.95 bits per heavy atom. The molecule has 2 aromatic rings. The van der Waals surface area contributed by atoms with Gasteiger partial charge in [0.15, 0.2) is 11.6 Å². The van der Waals surface area contributed by atoms with E-state index in [-0.39, 0.29) is 6.04 Å². The zero-order valence-electron chi connectivity index (χ0n) is 11.6. The Morgan fingerprint density at radius 2 is 2.15 bits per heavy atom. The maximum absolute atomic E-state index is 4.56. The largest absolute Gasteiger partial charge is 0.342 e. The van der Waals surface area contributed by atoms with Crippen LogP contribution >= 0.6 is 0 Å². The van der Waals surface area contributed by atoms with Crippen LogP contribution in [-0.4, -0.2) is 30.8 Å². The van der Waals surface area contributed by atoms with E-state index >= 15 is 0 Å². The smallest absolute Gasteiger partial charge is 0.160 e. The van der Waals surface area contributed by atoms with Crippen LogP contribution in [0.3, 0.4) is 0 Å². The molecule has 1 aliphatic heterocycles. The summed E-state index contributed by atoms with van der Waals surface area (Å²) in [7, 11) is 0. The van der Waals surface area contributed by atoms with E-state index < -0.39 is 0 Å². The third-order valence-corrected chi connectivity index (χ3v) is 4.49. The molecule has 3 heterocycles. The predicted octanol–water partition coefficient (Wildman–Crippen LogP) is 2.27. The highest BCUT2D eigenvalue weighted by Crippen LogP contribution is 2.41. The van der Waals surface area contributed by atoms with Gasteiger partial charge in [0.05, 0.1) is 12.2 Å². The van der Waals surface area contributed by atoms with Crippen LogP contribution in [0.4, 0.5) is 5.82 Å². The maximum atomic E-state index is 4.56. The first-order valence-electron chi connectivity index (χ1n) is 7.38. The van der Waals surface area contributed by atoms with Crippen LogP contribution in [0.1, 0.15) is 50.9 Å². The third kappa shape index (κ3) is 1.57. The quantitative estimate of drug-likeness (QED) is 0.837. The standard InChI is InChI=1S/C14H18N6/c1-2-11-14-18-17-9-19(14)12-7-15-8-16-13(12)20(11)10-5-3-4-6-10/h7-11H,2-6H2,1H3/t11-/m1/s1. The van der Waals surface area contributed by atoms with Crippen molar-refractivity contribution < 1.29 is 0 Å². The molecule has 0 saturated heterocycles. The summed E-state index contributed by atoms with van der Waals surface area (Å²) in [6.45, 7) is 2.21. The summed E-state index contributed by atoms with van der Waals surface area (Å²) >= 11 is 0. The number of hydrogen-bond donors (Lipinski definition) is 0. The summed E-state index contributed by atoms with van der Waals surface area (Å²) in [6, 6.07) is 0.835. The first-order valence-corrected chi connectivity index (χ1v) is 7.38. The molecule has 0 spiro atoms. The zero-order chi connectivity index (χ0) is 13.5. The highest BCUT2D eigenvalue weighted by Gasteiger charge is 2.37. The van der Waals surface area contributed by atoms with Gasteiger partial charge in [-0.15, -0.1) is 10.2 Å². The van der Waals surface area contributed by atoms with Gasteiger partial charge in [0.2, 0.25) is 0 Å². The fourth-order valence-electron chi connectivity index (χ4n) is 3.60. The number of aromatic nitrogens is 5. The number of fused-ring (bicyclic) bond motifs is 3. The second-order valence-electron chi connectivity index (χ2n) is 5.56. The lowest BCUT2D eigenvalue weighted by Crippen LogP contribution is -2.41. The van der Waals surface area contributed by atoms with Crippen molar-refractivity contribution >= 4 is 5.82 Å². The Morgan fingerprint density at radius 1 is 1.30 bits per heavy atom. The Kier molecular flexibility index (Phi) is 2.68. The molecular weight excluding hydrogens is 252 g/mol. The van der Waals surface area contributed by atoms with Crippen LogP contribution in [0.5, 0.6) is 0 Å². The highest BCUT2D eigenvalue weighted by atomic mass is 15.4. The van der Waals surface area contributed by atoms with Gasteiger partial charge in [0.1, 0.15) is 18.3 Å². The van der Waals surface area contributed by atoms with Gasteiger partial charge >= 0.3 is 0 Å². The van der Waals surface area contributed by atoms with E-state index in [1.54, 1.807) is 12.7 Å². The molecule has 0 amide bonds. The third-order valence-electron chi connectivity index (χ3n) is 4.49. The van der Waals surface area contributed by atoms with Crippen LogP contribution in [-0.2, 0) is 0 Å². The monoisotopic (exact) mass is 270 g/mol. The average Bonchev–Trinajstić information content (AvgIpc) is 3.16. The van der Waals surface area contributed by atoms with Gasteiger partial charge in [-0.05, 0) is 19.3 Å². The molecule has 6 nitrogen and oxygen atoms in total. The van der Waals surface area contributed by atoms with Gasteiger partial charge in [0.25, 0.3) is 0 Å². The topological polar surface area (TPSA) is 59.7 Å². The predicted molar refractivity (Wildman–Crippen MR) is 74.7 cm³/mol. The van der Waals surface area contributed by atoms with E-state index in [9.17, 15) is 0 Å². The minimum absolute atomic E-state index is 0.267. The molecule has 104 valence electrons. The van der Waals surface area contributed by atoms with Crippen molar-refractivity contribution in [2.75, 3.05) is 4.90 Å². The second-order valence-corrected chi connectivity index (χ2v) is 5.56. The van der Waals surface area contributed by atoms with Gasteiger partial charge < -0.3 is 4.90 Å². The zero-order valence-corrected chi connectivity index (χ0v) is 11.6. The van der Waals surface area contributed by atoms with Crippen molar-refractivity contribution in [3.05, 3.63) is 24.7 Å². The van der Waals surface area contributed by atoms with Gasteiger partial charge in [0, 0.05) is 6.04 Å². The summed E-state index contributed by atoms with van der Waals surface area (Å²) in [5.74, 6) is 2.05. The molecule has 1 fully saturated rings. The molecule has 2 aromatic heterocycles. The van der Waals surface area contributed by atoms with E-state index in [0.29, 0.717) is 6.04 Å². The summed E-state index contributed by atoms with van der Waals surface area (Å²) in [6.07, 6.45) is 11.4. The number of nitrogens with zero attached hydrogens (tertiary/aromatic N) is 6. The summed E-state index contributed by atoms with van der Waals surface area (Å²) in [5, 5.41) is 8.44. The molecule has 6 heteroatoms. The Labute approximate surface area is 117 Å². The molecule has 1 saturated carbocycles. The fourth-order valence-corrected chi connectivity index (χ4v) is 3.60. The fraction of sp³-hybridized carbons (Fsp3) is 0.571. The van der Waals surface area contributed by atoms with Crippen molar-refractivity contribution in [3.8, 4) is 5.69 Å². The lowest BCUT2D eigenvalue weighted by Gasteiger charge is -2.40. The first-order chi connectivity index (χ1) is 9.90. The van der Waals surface area contributed by atoms with Crippen LogP contribution in [0.15, 0.2) is 18.9 Å². The van der Waals surface area contributed by atoms with E-state index in [4.69, 9.17) is 0 Å². The number of anilines is 1. The molecule has 0 unspecified atom stereocenters. The number of rotatable bonds is 2. The van der Waals surface area contributed by atoms with Crippen molar-refractivity contribution in [3.63, 3.8) is 0 Å². The van der Waals surface area contributed by atoms with Gasteiger partial charge in [-0.25, -0.2) is 9.97 Å². The van der Waals surface area contributed by atoms with E-state index in [2.05, 4.69) is 32.0 Å². The summed E-state index contributed by atoms with van der Waals surface area (Å²) in [5.41, 5.74) is 1.00. The molecule has 0 bridgehead atoms. The van der Waals surface area contributed by atoms with E-state index in [1.165, 1.54) is 25.7 Å². The molecular formula is C14H18N6. The Balaban J connectivity index is 1.89. The van der Waals surface area contributed by atoms with Crippen LogP contribution in [0.2, 0.25) is 0 Å². The Bertz CT molecular complexity index is 616. The van der Waals surface area contributed by atoms with Crippen molar-refractivity contribution in [1.82, 2.24) is 24.7 Å². The number of hydrogen-bond acceptors (Lipinski definition) is 5. The highest BCUT2D eigenvalue weighted by molar-refractivity contribution is 5.61. The van der Waals surface area contributed by atoms with Gasteiger partial charge in [-0.3, -0.25) is 4.57 Å². The molecule has 1 atom stereocenters. The minimum Gasteiger partial charge on any atom is -0.342 e. The van der Waals surface area contributed by atoms with Crippen LogP contribution < -0.4 is 4.90 Å². The lowest BCUT2D eigenvalue weighted by molar-refractivity contribution is 0.468. The minimum atomic E-state index is 0.267. The Hall–Kier alpha value is -1.98. The molecule has 4 rings (SSSR count). The van der Waals surface area contributed by atoms with Crippen LogP contribution in [0, 0.1) is 0 Å². The molecule has 1 aliphatic carbocycles. The SMILES string of the molecule is CC[C@@H]1c2nncn2-c2cncnc2N1C1CCCC1. The van der Waals surface area contributed by atoms with Crippen molar-refractivity contribution in [2.45, 2.75) is 51.1 Å². The van der Waals surface area contributed by atoms with Gasteiger partial charge in [-0.1, -0.05) is 19.8 Å². The molecule has 0 aromatic carbocycles. The van der Waals surface area contributed by atoms with Crippen molar-refractivity contribution in [1.29, 1.82) is 0 Å². The van der Waals surface area contributed by atoms with E-state index in [0.717, 1.165) is 23.8 Å². The molecule has 2 aliphatic rings. The maximum Gasteiger partial charge on any atom is 0.160 e. The first kappa shape index (κ1) is 11.8. The second kappa shape index (κ2) is 4.54. The normalized spacial score (nSPS) is 21.9. The molecule has 20 heavy (non-hydrogen) atoms. The molecule has 0 radical (unpaired) electrons. The van der Waals surface area contributed by atoms with Crippen molar-refractivity contribution in [2.24, 2.45) is 0 Å². The van der Waals surface area contributed by atoms with E-state index in [1.807, 2.05) is 10.8 Å². The summed E-state index contributed by atoms with van der Waals surface area (Å²) in [4.78, 5) is 11.2. The van der Waals surface area contributed by atoms with Crippen LogP contribution in [0.25, 0.3) is 5.69 Å². The lowest BCUT2D eigenvalue weighted by atomic mass is 10.0. The average molecular weight is 270 g/mol.